The molecule has 1 N–H and O–H groups in total. The van der Waals surface area contributed by atoms with Crippen LogP contribution in [0, 0.1) is 17.0 Å². The van der Waals surface area contributed by atoms with Crippen LogP contribution in [0.15, 0.2) is 53.4 Å². The van der Waals surface area contributed by atoms with Gasteiger partial charge in [0.2, 0.25) is 0 Å². The van der Waals surface area contributed by atoms with E-state index in [0.29, 0.717) is 9.99 Å². The third kappa shape index (κ3) is 3.91. The Hall–Kier alpha value is -3.12. The number of anilines is 1. The Morgan fingerprint density at radius 3 is 2.53 bits per heavy atom. The number of piperazine rings is 1. The number of aryl methyl sites for hydroxylation is 1. The summed E-state index contributed by atoms with van der Waals surface area (Å²) in [5.74, 6) is 0. The lowest BCUT2D eigenvalue weighted by molar-refractivity contribution is -0.387. The van der Waals surface area contributed by atoms with Crippen LogP contribution in [0.4, 0.5) is 24.5 Å². The van der Waals surface area contributed by atoms with Crippen LogP contribution in [0.2, 0.25) is 0 Å². The van der Waals surface area contributed by atoms with E-state index in [0.717, 1.165) is 28.7 Å². The highest BCUT2D eigenvalue weighted by molar-refractivity contribution is 7.89. The first kappa shape index (κ1) is 22.1. The van der Waals surface area contributed by atoms with Crippen LogP contribution >= 0.6 is 0 Å². The second-order valence-corrected chi connectivity index (χ2v) is 9.43. The molecular weight excluding hydrogens is 449 g/mol. The molecule has 4 rings (SSSR count). The Labute approximate surface area is 181 Å². The van der Waals surface area contributed by atoms with Crippen LogP contribution in [-0.4, -0.2) is 54.5 Å². The van der Waals surface area contributed by atoms with Gasteiger partial charge in [0.05, 0.1) is 4.92 Å². The first-order valence-corrected chi connectivity index (χ1v) is 11.1. The van der Waals surface area contributed by atoms with E-state index in [1.54, 1.807) is 18.2 Å². The molecule has 1 saturated heterocycles. The zero-order valence-electron chi connectivity index (χ0n) is 16.8. The zero-order chi connectivity index (χ0) is 23.3. The molecule has 1 aromatic heterocycles. The van der Waals surface area contributed by atoms with Crippen LogP contribution in [-0.2, 0) is 10.0 Å². The maximum Gasteiger partial charge on any atom is 0.406 e. The van der Waals surface area contributed by atoms with E-state index in [2.05, 4.69) is 4.98 Å². The summed E-state index contributed by atoms with van der Waals surface area (Å²) < 4.78 is 68.4. The molecule has 12 heteroatoms. The third-order valence-corrected chi connectivity index (χ3v) is 7.42. The molecule has 2 heterocycles. The van der Waals surface area contributed by atoms with Gasteiger partial charge < -0.3 is 9.88 Å². The molecule has 170 valence electrons. The van der Waals surface area contributed by atoms with Gasteiger partial charge in [0, 0.05) is 48.0 Å². The number of hydrogen-bond acceptors (Lipinski definition) is 5. The van der Waals surface area contributed by atoms with Crippen LogP contribution in [0.25, 0.3) is 10.9 Å². The van der Waals surface area contributed by atoms with Crippen molar-refractivity contribution < 1.29 is 26.5 Å². The quantitative estimate of drug-likeness (QED) is 0.464. The van der Waals surface area contributed by atoms with Crippen molar-refractivity contribution in [3.63, 3.8) is 0 Å². The lowest BCUT2D eigenvalue weighted by Gasteiger charge is -2.42. The van der Waals surface area contributed by atoms with Gasteiger partial charge in [0.25, 0.3) is 15.7 Å². The minimum absolute atomic E-state index is 0.00134. The first-order valence-electron chi connectivity index (χ1n) is 9.65. The number of H-pyrrole nitrogens is 1. The fraction of sp³-hybridized carbons (Fsp3) is 0.300. The zero-order valence-corrected chi connectivity index (χ0v) is 17.7. The van der Waals surface area contributed by atoms with Gasteiger partial charge in [-0.2, -0.15) is 17.5 Å². The molecule has 0 radical (unpaired) electrons. The van der Waals surface area contributed by atoms with Crippen LogP contribution in [0.3, 0.4) is 0 Å². The van der Waals surface area contributed by atoms with Crippen molar-refractivity contribution >= 4 is 32.3 Å². The van der Waals surface area contributed by atoms with Gasteiger partial charge in [0.1, 0.15) is 6.04 Å². The number of aromatic amines is 1. The average molecular weight is 468 g/mol. The number of aromatic nitrogens is 1. The number of para-hydroxylation sites is 1. The number of nitrogens with zero attached hydrogens (tertiary/aromatic N) is 3. The minimum Gasteiger partial charge on any atom is -0.368 e. The molecule has 32 heavy (non-hydrogen) atoms. The summed E-state index contributed by atoms with van der Waals surface area (Å²) in [6.45, 7) is 0.772. The van der Waals surface area contributed by atoms with E-state index in [-0.39, 0.29) is 6.54 Å². The highest BCUT2D eigenvalue weighted by atomic mass is 32.2. The highest BCUT2D eigenvalue weighted by Crippen LogP contribution is 2.36. The van der Waals surface area contributed by atoms with E-state index in [1.165, 1.54) is 17.0 Å². The predicted octanol–water partition coefficient (Wildman–Crippen LogP) is 3.83. The summed E-state index contributed by atoms with van der Waals surface area (Å²) in [5, 5.41) is 12.1. The van der Waals surface area contributed by atoms with Gasteiger partial charge in [-0.1, -0.05) is 12.1 Å². The van der Waals surface area contributed by atoms with Gasteiger partial charge in [-0.15, -0.1) is 0 Å². The lowest BCUT2D eigenvalue weighted by atomic mass is 10.1. The van der Waals surface area contributed by atoms with Crippen molar-refractivity contribution in [1.82, 2.24) is 9.29 Å². The molecule has 8 nitrogen and oxygen atoms in total. The molecule has 0 spiro atoms. The maximum absolute atomic E-state index is 14.0. The Bertz CT molecular complexity index is 1290. The van der Waals surface area contributed by atoms with E-state index in [4.69, 9.17) is 0 Å². The van der Waals surface area contributed by atoms with Crippen molar-refractivity contribution in [2.24, 2.45) is 0 Å². The van der Waals surface area contributed by atoms with Gasteiger partial charge in [0.15, 0.2) is 4.90 Å². The average Bonchev–Trinajstić information content (AvgIpc) is 3.11. The number of nitro groups is 1. The molecule has 0 aliphatic carbocycles. The van der Waals surface area contributed by atoms with Crippen LogP contribution in [0.1, 0.15) is 5.69 Å². The molecule has 1 fully saturated rings. The third-order valence-electron chi connectivity index (χ3n) is 5.46. The van der Waals surface area contributed by atoms with Crippen LogP contribution < -0.4 is 4.90 Å². The summed E-state index contributed by atoms with van der Waals surface area (Å²) in [4.78, 5) is 14.2. The molecule has 3 aromatic rings. The monoisotopic (exact) mass is 468 g/mol. The van der Waals surface area contributed by atoms with Gasteiger partial charge in [-0.05, 0) is 37.3 Å². The molecule has 0 amide bonds. The molecule has 0 saturated carbocycles. The lowest BCUT2D eigenvalue weighted by Crippen LogP contribution is -2.60. The SMILES string of the molecule is Cc1cc2cc(N3CCN(S(=O)(=O)c4ccccc4[N+](=O)[O-])C(C(F)(F)F)C3)ccc2[nH]1. The van der Waals surface area contributed by atoms with Crippen molar-refractivity contribution in [2.75, 3.05) is 24.5 Å². The Kier molecular flexibility index (Phi) is 5.37. The van der Waals surface area contributed by atoms with E-state index < -0.39 is 50.8 Å². The minimum atomic E-state index is -4.87. The topological polar surface area (TPSA) is 99.6 Å². The second kappa shape index (κ2) is 7.78. The number of benzene rings is 2. The van der Waals surface area contributed by atoms with Crippen molar-refractivity contribution in [3.05, 3.63) is 64.3 Å². The Morgan fingerprint density at radius 1 is 1.12 bits per heavy atom. The first-order chi connectivity index (χ1) is 15.0. The van der Waals surface area contributed by atoms with E-state index in [9.17, 15) is 31.7 Å². The maximum atomic E-state index is 14.0. The molecule has 1 unspecified atom stereocenters. The molecule has 1 aliphatic rings. The van der Waals surface area contributed by atoms with Crippen molar-refractivity contribution in [2.45, 2.75) is 24.0 Å². The number of nitro benzene ring substituents is 1. The summed E-state index contributed by atoms with van der Waals surface area (Å²) >= 11 is 0. The number of nitrogens with one attached hydrogen (secondary N) is 1. The molecule has 1 atom stereocenters. The highest BCUT2D eigenvalue weighted by Gasteiger charge is 2.51. The number of hydrogen-bond donors (Lipinski definition) is 1. The van der Waals surface area contributed by atoms with Crippen molar-refractivity contribution in [3.8, 4) is 0 Å². The Balaban J connectivity index is 1.70. The van der Waals surface area contributed by atoms with Gasteiger partial charge >= 0.3 is 6.18 Å². The number of rotatable bonds is 4. The number of alkyl halides is 3. The van der Waals surface area contributed by atoms with E-state index >= 15 is 0 Å². The molecule has 1 aliphatic heterocycles. The van der Waals surface area contributed by atoms with Gasteiger partial charge in [-0.25, -0.2) is 8.42 Å². The molecule has 2 aromatic carbocycles. The van der Waals surface area contributed by atoms with Crippen molar-refractivity contribution in [1.29, 1.82) is 0 Å². The number of sulfonamides is 1. The van der Waals surface area contributed by atoms with Crippen LogP contribution in [0.5, 0.6) is 0 Å². The fourth-order valence-electron chi connectivity index (χ4n) is 3.97. The number of fused-ring (bicyclic) bond motifs is 1. The standard InChI is InChI=1S/C20H19F3N4O4S/c1-13-10-14-11-15(6-7-16(14)24-13)25-8-9-26(19(12-25)20(21,22)23)32(30,31)18-5-3-2-4-17(18)27(28)29/h2-7,10-11,19,24H,8-9,12H2,1H3. The summed E-state index contributed by atoms with van der Waals surface area (Å²) in [6.07, 6.45) is -4.87. The summed E-state index contributed by atoms with van der Waals surface area (Å²) in [6, 6.07) is 9.12. The number of halogens is 3. The largest absolute Gasteiger partial charge is 0.406 e. The predicted molar refractivity (Wildman–Crippen MR) is 112 cm³/mol. The summed E-state index contributed by atoms with van der Waals surface area (Å²) in [5.41, 5.74) is 1.53. The summed E-state index contributed by atoms with van der Waals surface area (Å²) in [7, 11) is -4.77. The molecule has 0 bridgehead atoms. The second-order valence-electron chi connectivity index (χ2n) is 7.57. The normalized spacial score (nSPS) is 18.2. The fourth-order valence-corrected chi connectivity index (χ4v) is 5.72. The smallest absolute Gasteiger partial charge is 0.368 e. The van der Waals surface area contributed by atoms with Gasteiger partial charge in [-0.3, -0.25) is 10.1 Å². The van der Waals surface area contributed by atoms with E-state index in [1.807, 2.05) is 13.0 Å². The molecular formula is C20H19F3N4O4S. The Morgan fingerprint density at radius 2 is 1.84 bits per heavy atom.